The Labute approximate surface area is 142 Å². The Morgan fingerprint density at radius 2 is 2.05 bits per heavy atom. The van der Waals surface area contributed by atoms with Gasteiger partial charge < -0.3 is 10.3 Å². The lowest BCUT2D eigenvalue weighted by Gasteiger charge is -2.10. The van der Waals surface area contributed by atoms with E-state index in [1.807, 2.05) is 19.1 Å². The highest BCUT2D eigenvalue weighted by atomic mass is 79.9. The highest BCUT2D eigenvalue weighted by Gasteiger charge is 2.11. The van der Waals surface area contributed by atoms with Crippen molar-refractivity contribution in [2.75, 3.05) is 11.1 Å². The van der Waals surface area contributed by atoms with E-state index in [-0.39, 0.29) is 17.2 Å². The fourth-order valence-corrected chi connectivity index (χ4v) is 3.82. The highest BCUT2D eigenvalue weighted by molar-refractivity contribution is 9.11. The topological polar surface area (TPSA) is 74.8 Å². The van der Waals surface area contributed by atoms with Crippen molar-refractivity contribution in [1.82, 2.24) is 9.97 Å². The SMILES string of the molecule is Cc1cc(Br)c(NC(=O)CSc2nccc(=O)[nH]2)c(Br)c1. The molecule has 2 rings (SSSR count). The van der Waals surface area contributed by atoms with Crippen LogP contribution < -0.4 is 10.9 Å². The molecule has 0 unspecified atom stereocenters. The zero-order chi connectivity index (χ0) is 15.4. The molecule has 1 heterocycles. The van der Waals surface area contributed by atoms with Gasteiger partial charge in [-0.25, -0.2) is 4.98 Å². The number of carbonyl (C=O) groups excluding carboxylic acids is 1. The number of H-pyrrole nitrogens is 1. The van der Waals surface area contributed by atoms with E-state index >= 15 is 0 Å². The molecular weight excluding hydrogens is 422 g/mol. The van der Waals surface area contributed by atoms with Gasteiger partial charge >= 0.3 is 0 Å². The van der Waals surface area contributed by atoms with Crippen LogP contribution in [0.15, 0.2) is 43.3 Å². The van der Waals surface area contributed by atoms with E-state index < -0.39 is 0 Å². The summed E-state index contributed by atoms with van der Waals surface area (Å²) in [7, 11) is 0. The summed E-state index contributed by atoms with van der Waals surface area (Å²) in [5.41, 5.74) is 1.52. The van der Waals surface area contributed by atoms with Crippen molar-refractivity contribution in [3.63, 3.8) is 0 Å². The minimum atomic E-state index is -0.239. The summed E-state index contributed by atoms with van der Waals surface area (Å²) < 4.78 is 1.61. The summed E-state index contributed by atoms with van der Waals surface area (Å²) >= 11 is 8.01. The number of thioether (sulfide) groups is 1. The number of nitrogens with zero attached hydrogens (tertiary/aromatic N) is 1. The number of halogens is 2. The number of rotatable bonds is 4. The molecule has 1 amide bonds. The number of carbonyl (C=O) groups is 1. The van der Waals surface area contributed by atoms with Crippen molar-refractivity contribution in [2.24, 2.45) is 0 Å². The third-order valence-electron chi connectivity index (χ3n) is 2.44. The number of hydrogen-bond donors (Lipinski definition) is 2. The van der Waals surface area contributed by atoms with Gasteiger partial charge in [-0.05, 0) is 56.5 Å². The van der Waals surface area contributed by atoms with E-state index in [1.54, 1.807) is 0 Å². The molecule has 0 bridgehead atoms. The first-order valence-corrected chi connectivity index (χ1v) is 8.46. The number of aryl methyl sites for hydroxylation is 1. The van der Waals surface area contributed by atoms with Gasteiger partial charge in [-0.3, -0.25) is 9.59 Å². The largest absolute Gasteiger partial charge is 0.323 e. The molecule has 0 aliphatic carbocycles. The van der Waals surface area contributed by atoms with Gasteiger partial charge in [-0.1, -0.05) is 11.8 Å². The normalized spacial score (nSPS) is 10.4. The van der Waals surface area contributed by atoms with E-state index in [4.69, 9.17) is 0 Å². The number of aromatic amines is 1. The average molecular weight is 433 g/mol. The van der Waals surface area contributed by atoms with Crippen LogP contribution in [0.4, 0.5) is 5.69 Å². The van der Waals surface area contributed by atoms with E-state index in [9.17, 15) is 9.59 Å². The number of benzene rings is 1. The molecule has 0 saturated carbocycles. The maximum absolute atomic E-state index is 12.0. The van der Waals surface area contributed by atoms with Gasteiger partial charge in [0.2, 0.25) is 5.91 Å². The molecule has 1 aromatic heterocycles. The van der Waals surface area contributed by atoms with Gasteiger partial charge in [0.05, 0.1) is 11.4 Å². The maximum atomic E-state index is 12.0. The first-order valence-electron chi connectivity index (χ1n) is 5.89. The van der Waals surface area contributed by atoms with Crippen molar-refractivity contribution in [3.8, 4) is 0 Å². The van der Waals surface area contributed by atoms with Gasteiger partial charge in [-0.2, -0.15) is 0 Å². The van der Waals surface area contributed by atoms with Crippen molar-refractivity contribution in [1.29, 1.82) is 0 Å². The Bertz CT molecular complexity index is 710. The summed E-state index contributed by atoms with van der Waals surface area (Å²) in [5.74, 6) is -0.0311. The van der Waals surface area contributed by atoms with Crippen LogP contribution in [0.2, 0.25) is 0 Å². The molecule has 8 heteroatoms. The third kappa shape index (κ3) is 4.69. The van der Waals surface area contributed by atoms with E-state index in [0.29, 0.717) is 10.8 Å². The summed E-state index contributed by atoms with van der Waals surface area (Å²) in [6, 6.07) is 5.16. The van der Waals surface area contributed by atoms with Crippen molar-refractivity contribution in [2.45, 2.75) is 12.1 Å². The van der Waals surface area contributed by atoms with Crippen molar-refractivity contribution in [3.05, 3.63) is 49.3 Å². The monoisotopic (exact) mass is 431 g/mol. The summed E-state index contributed by atoms with van der Waals surface area (Å²) in [4.78, 5) is 29.6. The minimum Gasteiger partial charge on any atom is -0.323 e. The summed E-state index contributed by atoms with van der Waals surface area (Å²) in [6.07, 6.45) is 1.41. The predicted molar refractivity (Wildman–Crippen MR) is 90.8 cm³/mol. The van der Waals surface area contributed by atoms with Crippen LogP contribution in [0, 0.1) is 6.92 Å². The Hall–Kier alpha value is -1.12. The molecule has 2 aromatic rings. The molecule has 0 saturated heterocycles. The number of hydrogen-bond acceptors (Lipinski definition) is 4. The molecular formula is C13H11Br2N3O2S. The fourth-order valence-electron chi connectivity index (χ4n) is 1.55. The van der Waals surface area contributed by atoms with Gasteiger partial charge in [-0.15, -0.1) is 0 Å². The van der Waals surface area contributed by atoms with E-state index in [2.05, 4.69) is 47.1 Å². The first kappa shape index (κ1) is 16.3. The predicted octanol–water partition coefficient (Wildman–Crippen LogP) is 3.33. The van der Waals surface area contributed by atoms with Crippen LogP contribution in [0.25, 0.3) is 0 Å². The Balaban J connectivity index is 2.01. The molecule has 0 spiro atoms. The Kier molecular flexibility index (Phi) is 5.60. The van der Waals surface area contributed by atoms with Gasteiger partial charge in [0, 0.05) is 21.2 Å². The smallest absolute Gasteiger partial charge is 0.251 e. The number of aromatic nitrogens is 2. The number of amides is 1. The second-order valence-electron chi connectivity index (χ2n) is 4.18. The quantitative estimate of drug-likeness (QED) is 0.573. The lowest BCUT2D eigenvalue weighted by atomic mass is 10.2. The van der Waals surface area contributed by atoms with Crippen LogP contribution in [0.3, 0.4) is 0 Å². The molecule has 110 valence electrons. The standard InChI is InChI=1S/C13H11Br2N3O2S/c1-7-4-8(14)12(9(15)5-7)17-11(20)6-21-13-16-3-2-10(19)18-13/h2-5H,6H2,1H3,(H,17,20)(H,16,18,19). The van der Waals surface area contributed by atoms with Crippen LogP contribution in [0.5, 0.6) is 0 Å². The lowest BCUT2D eigenvalue weighted by Crippen LogP contribution is -2.16. The molecule has 0 aliphatic heterocycles. The average Bonchev–Trinajstić information content (AvgIpc) is 2.40. The van der Waals surface area contributed by atoms with E-state index in [0.717, 1.165) is 14.5 Å². The molecule has 2 N–H and O–H groups in total. The molecule has 0 fully saturated rings. The molecule has 0 aliphatic rings. The second kappa shape index (κ2) is 7.24. The molecule has 0 atom stereocenters. The third-order valence-corrected chi connectivity index (χ3v) is 4.58. The lowest BCUT2D eigenvalue weighted by molar-refractivity contribution is -0.113. The zero-order valence-electron chi connectivity index (χ0n) is 10.9. The summed E-state index contributed by atoms with van der Waals surface area (Å²) in [5, 5.41) is 3.23. The Morgan fingerprint density at radius 1 is 1.38 bits per heavy atom. The minimum absolute atomic E-state index is 0.152. The molecule has 21 heavy (non-hydrogen) atoms. The van der Waals surface area contributed by atoms with E-state index in [1.165, 1.54) is 24.0 Å². The van der Waals surface area contributed by atoms with Crippen LogP contribution in [-0.4, -0.2) is 21.6 Å². The van der Waals surface area contributed by atoms with Crippen molar-refractivity contribution >= 4 is 55.2 Å². The summed E-state index contributed by atoms with van der Waals surface area (Å²) in [6.45, 7) is 1.97. The number of nitrogens with one attached hydrogen (secondary N) is 2. The zero-order valence-corrected chi connectivity index (χ0v) is 14.9. The molecule has 5 nitrogen and oxygen atoms in total. The first-order chi connectivity index (χ1) is 9.95. The molecule has 0 radical (unpaired) electrons. The maximum Gasteiger partial charge on any atom is 0.251 e. The number of anilines is 1. The van der Waals surface area contributed by atoms with Gasteiger partial charge in [0.15, 0.2) is 5.16 Å². The van der Waals surface area contributed by atoms with Gasteiger partial charge in [0.25, 0.3) is 5.56 Å². The van der Waals surface area contributed by atoms with Crippen LogP contribution >= 0.6 is 43.6 Å². The highest BCUT2D eigenvalue weighted by Crippen LogP contribution is 2.32. The van der Waals surface area contributed by atoms with Gasteiger partial charge in [0.1, 0.15) is 0 Å². The van der Waals surface area contributed by atoms with Crippen molar-refractivity contribution < 1.29 is 4.79 Å². The fraction of sp³-hybridized carbons (Fsp3) is 0.154. The Morgan fingerprint density at radius 3 is 2.67 bits per heavy atom. The second-order valence-corrected chi connectivity index (χ2v) is 6.85. The van der Waals surface area contributed by atoms with Crippen LogP contribution in [-0.2, 0) is 4.79 Å². The molecule has 1 aromatic carbocycles. The van der Waals surface area contributed by atoms with Crippen LogP contribution in [0.1, 0.15) is 5.56 Å².